The highest BCUT2D eigenvalue weighted by molar-refractivity contribution is 5.98. The van der Waals surface area contributed by atoms with E-state index in [0.717, 1.165) is 25.0 Å². The summed E-state index contributed by atoms with van der Waals surface area (Å²) in [7, 11) is 0. The third kappa shape index (κ3) is 9.55. The molecule has 6 rings (SSSR count). The first-order valence-electron chi connectivity index (χ1n) is 19.8. The van der Waals surface area contributed by atoms with Crippen LogP contribution >= 0.6 is 0 Å². The summed E-state index contributed by atoms with van der Waals surface area (Å²) < 4.78 is 34.4. The van der Waals surface area contributed by atoms with Crippen molar-refractivity contribution in [3.63, 3.8) is 0 Å². The fourth-order valence-corrected chi connectivity index (χ4v) is 8.34. The van der Waals surface area contributed by atoms with Crippen LogP contribution in [0.25, 0.3) is 0 Å². The van der Waals surface area contributed by atoms with E-state index in [2.05, 4.69) is 16.0 Å². The number of allylic oxidation sites excluding steroid dienone is 1. The number of esters is 1. The van der Waals surface area contributed by atoms with Gasteiger partial charge in [0.2, 0.25) is 35.4 Å². The number of amides is 6. The molecule has 4 heterocycles. The first-order chi connectivity index (χ1) is 26.7. The molecule has 304 valence electrons. The summed E-state index contributed by atoms with van der Waals surface area (Å²) in [4.78, 5) is 102. The number of carbonyl (C=O) groups excluding carboxylic acids is 7. The molecule has 1 aromatic carbocycles. The molecular weight excluding hydrogens is 730 g/mol. The molecular formula is C40H52F2N6O8. The zero-order chi connectivity index (χ0) is 40.3. The summed E-state index contributed by atoms with van der Waals surface area (Å²) in [5, 5.41) is 8.02. The number of rotatable bonds is 8. The van der Waals surface area contributed by atoms with Gasteiger partial charge in [-0.3, -0.25) is 28.8 Å². The van der Waals surface area contributed by atoms with Gasteiger partial charge in [-0.15, -0.1) is 0 Å². The predicted octanol–water partition coefficient (Wildman–Crippen LogP) is 1.89. The number of carbonyl (C=O) groups is 7. The second-order valence-corrected chi connectivity index (χ2v) is 16.1. The second-order valence-electron chi connectivity index (χ2n) is 16.1. The molecule has 0 aromatic heterocycles. The summed E-state index contributed by atoms with van der Waals surface area (Å²) in [6.45, 7) is 5.45. The molecule has 56 heavy (non-hydrogen) atoms. The van der Waals surface area contributed by atoms with Gasteiger partial charge in [-0.2, -0.15) is 0 Å². The average Bonchev–Trinajstić information content (AvgIpc) is 3.68. The second kappa shape index (κ2) is 17.5. The Labute approximate surface area is 325 Å². The smallest absolute Gasteiger partial charge is 0.329 e. The third-order valence-corrected chi connectivity index (χ3v) is 11.5. The molecule has 16 heteroatoms. The molecule has 4 aliphatic heterocycles. The van der Waals surface area contributed by atoms with E-state index in [0.29, 0.717) is 44.1 Å². The molecule has 8 atom stereocenters. The van der Waals surface area contributed by atoms with E-state index in [1.807, 2.05) is 6.92 Å². The van der Waals surface area contributed by atoms with Crippen LogP contribution in [0.1, 0.15) is 84.1 Å². The van der Waals surface area contributed by atoms with E-state index in [-0.39, 0.29) is 50.4 Å². The molecule has 0 bridgehead atoms. The van der Waals surface area contributed by atoms with Crippen molar-refractivity contribution >= 4 is 41.4 Å². The van der Waals surface area contributed by atoms with Crippen LogP contribution < -0.4 is 16.0 Å². The minimum Gasteiger partial charge on any atom is -0.458 e. The fourth-order valence-electron chi connectivity index (χ4n) is 8.34. The monoisotopic (exact) mass is 782 g/mol. The van der Waals surface area contributed by atoms with E-state index >= 15 is 0 Å². The molecule has 4 saturated heterocycles. The largest absolute Gasteiger partial charge is 0.458 e. The average molecular weight is 783 g/mol. The quantitative estimate of drug-likeness (QED) is 0.265. The van der Waals surface area contributed by atoms with E-state index in [1.165, 1.54) is 34.6 Å². The Balaban J connectivity index is 1.33. The Morgan fingerprint density at radius 1 is 0.857 bits per heavy atom. The van der Waals surface area contributed by atoms with Crippen molar-refractivity contribution in [2.24, 2.45) is 11.8 Å². The van der Waals surface area contributed by atoms with Gasteiger partial charge in [0.15, 0.2) is 0 Å². The van der Waals surface area contributed by atoms with Crippen LogP contribution in [0.5, 0.6) is 0 Å². The number of nitrogens with zero attached hydrogens (tertiary/aromatic N) is 3. The lowest BCUT2D eigenvalue weighted by atomic mass is 9.99. The Morgan fingerprint density at radius 3 is 2.25 bits per heavy atom. The lowest BCUT2D eigenvalue weighted by Gasteiger charge is -2.39. The van der Waals surface area contributed by atoms with Crippen LogP contribution in [0, 0.1) is 23.5 Å². The SMILES string of the molecule is C[C@@H]1C[C@H]2C(=O)O[C@@H](C)[C@H](NC(=O)[C@H](Cc3cc(F)cc(F)c3)NC(=O)/C=C/CC3CC3)C(=O)N3CCC[C@H]3C(=O)N3CCCC[C@H]3C(=O)N[C@@H](C)C(=O)N2C1. The Kier molecular flexibility index (Phi) is 12.7. The van der Waals surface area contributed by atoms with Crippen molar-refractivity contribution in [2.45, 2.75) is 127 Å². The number of ether oxygens (including phenoxy) is 1. The van der Waals surface area contributed by atoms with Gasteiger partial charge < -0.3 is 35.4 Å². The molecule has 5 aliphatic rings. The fraction of sp³-hybridized carbons (Fsp3) is 0.625. The van der Waals surface area contributed by atoms with Crippen molar-refractivity contribution in [1.82, 2.24) is 30.7 Å². The van der Waals surface area contributed by atoms with Gasteiger partial charge in [0.1, 0.15) is 54.0 Å². The molecule has 5 fully saturated rings. The third-order valence-electron chi connectivity index (χ3n) is 11.5. The van der Waals surface area contributed by atoms with Gasteiger partial charge in [-0.1, -0.05) is 13.0 Å². The van der Waals surface area contributed by atoms with Crippen molar-refractivity contribution in [3.8, 4) is 0 Å². The van der Waals surface area contributed by atoms with Gasteiger partial charge in [-0.05, 0) is 107 Å². The molecule has 1 aliphatic carbocycles. The molecule has 0 radical (unpaired) electrons. The normalized spacial score (nSPS) is 29.7. The molecule has 3 N–H and O–H groups in total. The van der Waals surface area contributed by atoms with Gasteiger partial charge >= 0.3 is 5.97 Å². The van der Waals surface area contributed by atoms with Crippen LogP contribution in [-0.2, 0) is 44.7 Å². The van der Waals surface area contributed by atoms with Crippen LogP contribution in [0.3, 0.4) is 0 Å². The lowest BCUT2D eigenvalue weighted by molar-refractivity contribution is -0.163. The molecule has 0 unspecified atom stereocenters. The summed E-state index contributed by atoms with van der Waals surface area (Å²) in [6, 6.07) is -4.18. The Bertz CT molecular complexity index is 1730. The zero-order valence-corrected chi connectivity index (χ0v) is 32.1. The molecule has 14 nitrogen and oxygen atoms in total. The van der Waals surface area contributed by atoms with Crippen LogP contribution in [0.2, 0.25) is 0 Å². The number of halogens is 2. The van der Waals surface area contributed by atoms with Gasteiger partial charge in [0, 0.05) is 32.1 Å². The number of hydrogen-bond acceptors (Lipinski definition) is 8. The van der Waals surface area contributed by atoms with Crippen LogP contribution in [-0.4, -0.2) is 118 Å². The highest BCUT2D eigenvalue weighted by atomic mass is 19.1. The van der Waals surface area contributed by atoms with Crippen molar-refractivity contribution < 1.29 is 47.1 Å². The van der Waals surface area contributed by atoms with Crippen LogP contribution in [0.15, 0.2) is 30.4 Å². The zero-order valence-electron chi connectivity index (χ0n) is 32.1. The van der Waals surface area contributed by atoms with E-state index < -0.39 is 95.4 Å². The molecule has 1 saturated carbocycles. The van der Waals surface area contributed by atoms with Crippen LogP contribution in [0.4, 0.5) is 8.78 Å². The minimum absolute atomic E-state index is 0.0633. The van der Waals surface area contributed by atoms with Gasteiger partial charge in [-0.25, -0.2) is 13.6 Å². The van der Waals surface area contributed by atoms with E-state index in [4.69, 9.17) is 4.74 Å². The summed E-state index contributed by atoms with van der Waals surface area (Å²) in [5.41, 5.74) is 0.0633. The minimum atomic E-state index is -1.58. The number of hydrogen-bond donors (Lipinski definition) is 3. The number of benzene rings is 1. The predicted molar refractivity (Wildman–Crippen MR) is 197 cm³/mol. The van der Waals surface area contributed by atoms with Crippen molar-refractivity contribution in [1.29, 1.82) is 0 Å². The summed E-state index contributed by atoms with van der Waals surface area (Å²) in [5.74, 6) is -5.90. The molecule has 0 spiro atoms. The highest BCUT2D eigenvalue weighted by Gasteiger charge is 2.47. The number of nitrogens with one attached hydrogen (secondary N) is 3. The van der Waals surface area contributed by atoms with Gasteiger partial charge in [0.25, 0.3) is 0 Å². The van der Waals surface area contributed by atoms with Crippen molar-refractivity contribution in [3.05, 3.63) is 47.5 Å². The summed E-state index contributed by atoms with van der Waals surface area (Å²) in [6.07, 6.45) is 6.76. The Hall–Kier alpha value is -4.89. The molecule has 6 amide bonds. The maximum Gasteiger partial charge on any atom is 0.329 e. The van der Waals surface area contributed by atoms with Gasteiger partial charge in [0.05, 0.1) is 0 Å². The first kappa shape index (κ1) is 40.8. The van der Waals surface area contributed by atoms with E-state index in [1.54, 1.807) is 6.08 Å². The molecule has 1 aromatic rings. The lowest BCUT2D eigenvalue weighted by Crippen LogP contribution is -2.63. The standard InChI is InChI=1S/C40H52F2N6O8/c1-22-16-32-40(55)56-24(3)34(45-35(50)29(19-26-17-27(41)20-28(42)18-26)44-33(49)11-6-8-25-12-13-25)39(54)47-15-7-10-31(47)38(53)46-14-5-4-9-30(46)36(51)43-23(2)37(52)48(32)21-22/h6,11,17-18,20,22-25,29-32,34H,4-5,7-10,12-16,19,21H2,1-3H3,(H,43,51)(H,44,49)(H,45,50)/b11-6+/t22-,23+,24+,29+,30+,31+,32+,34+/m1/s1. The van der Waals surface area contributed by atoms with Crippen molar-refractivity contribution in [2.75, 3.05) is 19.6 Å². The topological polar surface area (TPSA) is 175 Å². The number of cyclic esters (lactones) is 1. The Morgan fingerprint density at radius 2 is 1.54 bits per heavy atom. The maximum atomic E-state index is 14.6. The number of fused-ring (bicyclic) bond motifs is 3. The first-order valence-corrected chi connectivity index (χ1v) is 19.8. The maximum absolute atomic E-state index is 14.6. The van der Waals surface area contributed by atoms with E-state index in [9.17, 15) is 42.3 Å². The number of piperidine rings is 1. The summed E-state index contributed by atoms with van der Waals surface area (Å²) >= 11 is 0. The highest BCUT2D eigenvalue weighted by Crippen LogP contribution is 2.32.